The summed E-state index contributed by atoms with van der Waals surface area (Å²) in [5.41, 5.74) is 0. The second kappa shape index (κ2) is 19.4. The van der Waals surface area contributed by atoms with Crippen LogP contribution in [0.3, 0.4) is 0 Å². The molecule has 174 valence electrons. The van der Waals surface area contributed by atoms with Gasteiger partial charge in [0.2, 0.25) is 0 Å². The molecule has 0 aliphatic heterocycles. The summed E-state index contributed by atoms with van der Waals surface area (Å²) in [6.07, 6.45) is 20.4. The zero-order chi connectivity index (χ0) is 21.8. The van der Waals surface area contributed by atoms with Crippen molar-refractivity contribution in [2.24, 2.45) is 0 Å². The number of nitrogens with zero attached hydrogens (tertiary/aromatic N) is 1. The fraction of sp³-hybridized carbons (Fsp3) is 0.962. The van der Waals surface area contributed by atoms with E-state index in [-0.39, 0.29) is 6.04 Å². The number of carboxylic acids is 1. The molecule has 0 aliphatic carbocycles. The minimum Gasteiger partial charge on any atom is -0.477 e. The summed E-state index contributed by atoms with van der Waals surface area (Å²) in [6.45, 7) is 12.2. The molecule has 0 fully saturated rings. The largest absolute Gasteiger partial charge is 0.477 e. The van der Waals surface area contributed by atoms with Crippen LogP contribution in [0.1, 0.15) is 137 Å². The lowest BCUT2D eigenvalue weighted by molar-refractivity contribution is -0.944. The normalized spacial score (nSPS) is 13.0. The van der Waals surface area contributed by atoms with Gasteiger partial charge in [-0.2, -0.15) is 0 Å². The van der Waals surface area contributed by atoms with Crippen LogP contribution in [0.2, 0.25) is 0 Å². The first-order chi connectivity index (χ1) is 14.1. The number of hydrogen-bond acceptors (Lipinski definition) is 1. The van der Waals surface area contributed by atoms with Crippen molar-refractivity contribution in [1.29, 1.82) is 0 Å². The average Bonchev–Trinajstić information content (AvgIpc) is 2.71. The molecule has 0 heterocycles. The molecule has 0 saturated heterocycles. The van der Waals surface area contributed by atoms with Crippen LogP contribution in [0, 0.1) is 0 Å². The molecule has 0 bridgehead atoms. The molecular formula is C26H54NO2+. The highest BCUT2D eigenvalue weighted by atomic mass is 16.4. The van der Waals surface area contributed by atoms with Crippen LogP contribution in [0.15, 0.2) is 0 Å². The van der Waals surface area contributed by atoms with Crippen molar-refractivity contribution in [1.82, 2.24) is 0 Å². The Balaban J connectivity index is 5.34. The van der Waals surface area contributed by atoms with Crippen molar-refractivity contribution >= 4 is 5.97 Å². The number of quaternary nitrogens is 1. The summed E-state index contributed by atoms with van der Waals surface area (Å²) in [4.78, 5) is 12.5. The Morgan fingerprint density at radius 2 is 0.931 bits per heavy atom. The predicted octanol–water partition coefficient (Wildman–Crippen LogP) is 7.97. The molecule has 0 amide bonds. The van der Waals surface area contributed by atoms with Gasteiger partial charge in [0.1, 0.15) is 0 Å². The summed E-state index contributed by atoms with van der Waals surface area (Å²) >= 11 is 0. The van der Waals surface area contributed by atoms with Gasteiger partial charge in [0.25, 0.3) is 0 Å². The Morgan fingerprint density at radius 3 is 1.24 bits per heavy atom. The van der Waals surface area contributed by atoms with Crippen LogP contribution < -0.4 is 0 Å². The first kappa shape index (κ1) is 28.4. The fourth-order valence-electron chi connectivity index (χ4n) is 4.76. The van der Waals surface area contributed by atoms with Gasteiger partial charge in [0.15, 0.2) is 6.04 Å². The maximum absolute atomic E-state index is 12.5. The first-order valence-electron chi connectivity index (χ1n) is 13.2. The van der Waals surface area contributed by atoms with Crippen LogP contribution in [0.5, 0.6) is 0 Å². The van der Waals surface area contributed by atoms with E-state index in [2.05, 4.69) is 27.7 Å². The average molecular weight is 413 g/mol. The number of unbranched alkanes of at least 4 members (excludes halogenated alkanes) is 12. The van der Waals surface area contributed by atoms with Crippen molar-refractivity contribution < 1.29 is 14.4 Å². The minimum atomic E-state index is -0.539. The number of carboxylic acid groups (broad SMARTS) is 1. The van der Waals surface area contributed by atoms with E-state index in [9.17, 15) is 9.90 Å². The molecule has 0 aromatic heterocycles. The van der Waals surface area contributed by atoms with Gasteiger partial charge in [-0.3, -0.25) is 0 Å². The summed E-state index contributed by atoms with van der Waals surface area (Å²) < 4.78 is 0.860. The van der Waals surface area contributed by atoms with Crippen LogP contribution >= 0.6 is 0 Å². The van der Waals surface area contributed by atoms with Crippen LogP contribution in [-0.4, -0.2) is 41.2 Å². The summed E-state index contributed by atoms with van der Waals surface area (Å²) in [6, 6.07) is -0.197. The Labute approximate surface area is 183 Å². The third-order valence-electron chi connectivity index (χ3n) is 6.65. The number of carbonyl (C=O) groups is 1. The van der Waals surface area contributed by atoms with Gasteiger partial charge in [0.05, 0.1) is 19.6 Å². The van der Waals surface area contributed by atoms with E-state index in [4.69, 9.17) is 0 Å². The summed E-state index contributed by atoms with van der Waals surface area (Å²) in [7, 11) is 0. The molecule has 29 heavy (non-hydrogen) atoms. The van der Waals surface area contributed by atoms with Gasteiger partial charge < -0.3 is 9.59 Å². The van der Waals surface area contributed by atoms with Gasteiger partial charge in [-0.05, 0) is 44.9 Å². The molecule has 1 unspecified atom stereocenters. The second-order valence-electron chi connectivity index (χ2n) is 9.27. The van der Waals surface area contributed by atoms with Gasteiger partial charge in [-0.1, -0.05) is 85.5 Å². The van der Waals surface area contributed by atoms with Crippen molar-refractivity contribution in [3.8, 4) is 0 Å². The highest BCUT2D eigenvalue weighted by molar-refractivity contribution is 5.72. The smallest absolute Gasteiger partial charge is 0.362 e. The van der Waals surface area contributed by atoms with Gasteiger partial charge in [-0.25, -0.2) is 4.79 Å². The molecule has 3 nitrogen and oxygen atoms in total. The molecule has 0 aliphatic rings. The van der Waals surface area contributed by atoms with E-state index in [0.717, 1.165) is 37.0 Å². The second-order valence-corrected chi connectivity index (χ2v) is 9.27. The highest BCUT2D eigenvalue weighted by Gasteiger charge is 2.40. The van der Waals surface area contributed by atoms with E-state index in [0.29, 0.717) is 0 Å². The van der Waals surface area contributed by atoms with E-state index in [1.807, 2.05) is 0 Å². The third-order valence-corrected chi connectivity index (χ3v) is 6.65. The van der Waals surface area contributed by atoms with Crippen LogP contribution in [0.4, 0.5) is 0 Å². The highest BCUT2D eigenvalue weighted by Crippen LogP contribution is 2.25. The molecule has 0 radical (unpaired) electrons. The lowest BCUT2D eigenvalue weighted by Gasteiger charge is -2.44. The molecule has 1 atom stereocenters. The van der Waals surface area contributed by atoms with E-state index in [1.165, 1.54) is 96.3 Å². The summed E-state index contributed by atoms with van der Waals surface area (Å²) in [5.74, 6) is -0.539. The number of aliphatic carboxylic acids is 1. The maximum atomic E-state index is 12.5. The molecule has 0 aromatic rings. The topological polar surface area (TPSA) is 37.3 Å². The van der Waals surface area contributed by atoms with E-state index >= 15 is 0 Å². The lowest BCUT2D eigenvalue weighted by atomic mass is 9.99. The van der Waals surface area contributed by atoms with E-state index < -0.39 is 5.97 Å². The third kappa shape index (κ3) is 13.4. The predicted molar refractivity (Wildman–Crippen MR) is 127 cm³/mol. The Hall–Kier alpha value is -0.570. The number of hydrogen-bond donors (Lipinski definition) is 1. The molecular weight excluding hydrogens is 358 g/mol. The molecule has 3 heteroatoms. The Morgan fingerprint density at radius 1 is 0.586 bits per heavy atom. The van der Waals surface area contributed by atoms with Gasteiger partial charge >= 0.3 is 5.97 Å². The standard InChI is InChI=1S/C26H53NO2/c1-5-9-13-17-21-25(26(28)29)27(22-18-14-10-6-2,23-19-15-11-7-3)24-20-16-12-8-4/h25H,5-24H2,1-4H3/p+1. The van der Waals surface area contributed by atoms with E-state index in [1.54, 1.807) is 0 Å². The molecule has 1 N–H and O–H groups in total. The SMILES string of the molecule is CCCCCCC(C(=O)O)[N+](CCCCCC)(CCCCCC)CCCCCC. The zero-order valence-corrected chi connectivity index (χ0v) is 20.5. The quantitative estimate of drug-likeness (QED) is 0.145. The monoisotopic (exact) mass is 412 g/mol. The molecule has 0 saturated carbocycles. The lowest BCUT2D eigenvalue weighted by Crippen LogP contribution is -2.60. The molecule has 0 spiro atoms. The number of rotatable bonds is 22. The van der Waals surface area contributed by atoms with Crippen molar-refractivity contribution in [3.63, 3.8) is 0 Å². The minimum absolute atomic E-state index is 0.197. The molecule has 0 aromatic carbocycles. The Bertz CT molecular complexity index is 338. The maximum Gasteiger partial charge on any atom is 0.362 e. The van der Waals surface area contributed by atoms with Crippen LogP contribution in [0.25, 0.3) is 0 Å². The van der Waals surface area contributed by atoms with Gasteiger partial charge in [0, 0.05) is 6.42 Å². The van der Waals surface area contributed by atoms with Crippen LogP contribution in [-0.2, 0) is 4.79 Å². The van der Waals surface area contributed by atoms with Crippen molar-refractivity contribution in [2.75, 3.05) is 19.6 Å². The van der Waals surface area contributed by atoms with Crippen molar-refractivity contribution in [3.05, 3.63) is 0 Å². The Kier molecular flexibility index (Phi) is 19.0. The first-order valence-corrected chi connectivity index (χ1v) is 13.2. The van der Waals surface area contributed by atoms with Gasteiger partial charge in [-0.15, -0.1) is 0 Å². The fourth-order valence-corrected chi connectivity index (χ4v) is 4.76. The summed E-state index contributed by atoms with van der Waals surface area (Å²) in [5, 5.41) is 10.3. The molecule has 0 rings (SSSR count). The van der Waals surface area contributed by atoms with Crippen molar-refractivity contribution in [2.45, 2.75) is 143 Å². The zero-order valence-electron chi connectivity index (χ0n) is 20.5.